The maximum atomic E-state index is 12.1. The third kappa shape index (κ3) is 3.43. The fourth-order valence-electron chi connectivity index (χ4n) is 2.61. The molecule has 2 atom stereocenters. The Kier molecular flexibility index (Phi) is 4.34. The van der Waals surface area contributed by atoms with Crippen LogP contribution in [0.25, 0.3) is 0 Å². The van der Waals surface area contributed by atoms with Gasteiger partial charge < -0.3 is 10.1 Å². The summed E-state index contributed by atoms with van der Waals surface area (Å²) in [4.78, 5) is 16.1. The number of nitrogens with zero attached hydrogens (tertiary/aromatic N) is 3. The van der Waals surface area contributed by atoms with E-state index in [-0.39, 0.29) is 18.2 Å². The molecule has 0 spiro atoms. The summed E-state index contributed by atoms with van der Waals surface area (Å²) in [6.07, 6.45) is 6.90. The summed E-state index contributed by atoms with van der Waals surface area (Å²) >= 11 is 0. The number of nitrogens with one attached hydrogen (secondary N) is 2. The molecule has 0 unspecified atom stereocenters. The largest absolute Gasteiger partial charge is 0.371 e. The molecule has 1 aliphatic heterocycles. The Morgan fingerprint density at radius 3 is 2.91 bits per heavy atom. The van der Waals surface area contributed by atoms with E-state index in [0.717, 1.165) is 18.4 Å². The molecule has 2 amide bonds. The van der Waals surface area contributed by atoms with Crippen LogP contribution in [0.1, 0.15) is 24.5 Å². The van der Waals surface area contributed by atoms with Crippen molar-refractivity contribution in [2.45, 2.75) is 25.0 Å². The minimum absolute atomic E-state index is 0.0696. The lowest BCUT2D eigenvalue weighted by Crippen LogP contribution is -2.44. The van der Waals surface area contributed by atoms with Gasteiger partial charge in [0.25, 0.3) is 0 Å². The van der Waals surface area contributed by atoms with Crippen molar-refractivity contribution in [3.05, 3.63) is 42.4 Å². The van der Waals surface area contributed by atoms with Gasteiger partial charge in [0.1, 0.15) is 6.10 Å². The van der Waals surface area contributed by atoms with Gasteiger partial charge in [-0.2, -0.15) is 5.10 Å². The molecule has 3 rings (SSSR count). The quantitative estimate of drug-likeness (QED) is 0.906. The van der Waals surface area contributed by atoms with Crippen LogP contribution in [-0.2, 0) is 11.8 Å². The summed E-state index contributed by atoms with van der Waals surface area (Å²) in [5.41, 5.74) is 1.03. The molecule has 1 fully saturated rings. The van der Waals surface area contributed by atoms with Crippen molar-refractivity contribution in [2.24, 2.45) is 7.05 Å². The summed E-state index contributed by atoms with van der Waals surface area (Å²) in [7, 11) is 1.80. The molecule has 7 nitrogen and oxygen atoms in total. The number of carbonyl (C=O) groups is 1. The zero-order valence-electron chi connectivity index (χ0n) is 12.4. The first kappa shape index (κ1) is 14.5. The molecule has 2 N–H and O–H groups in total. The summed E-state index contributed by atoms with van der Waals surface area (Å²) in [5.74, 6) is 0.525. The molecule has 2 aromatic rings. The Bertz CT molecular complexity index is 628. The van der Waals surface area contributed by atoms with Crippen LogP contribution in [-0.4, -0.2) is 33.4 Å². The number of hydrogen-bond acceptors (Lipinski definition) is 4. The van der Waals surface area contributed by atoms with Crippen molar-refractivity contribution in [1.82, 2.24) is 20.1 Å². The summed E-state index contributed by atoms with van der Waals surface area (Å²) in [5, 5.41) is 9.84. The van der Waals surface area contributed by atoms with E-state index in [4.69, 9.17) is 4.74 Å². The van der Waals surface area contributed by atoms with Gasteiger partial charge >= 0.3 is 6.03 Å². The molecule has 116 valence electrons. The zero-order chi connectivity index (χ0) is 15.4. The number of urea groups is 1. The Labute approximate surface area is 128 Å². The van der Waals surface area contributed by atoms with E-state index < -0.39 is 0 Å². The number of amides is 2. The second-order valence-electron chi connectivity index (χ2n) is 5.29. The van der Waals surface area contributed by atoms with Crippen LogP contribution < -0.4 is 10.6 Å². The lowest BCUT2D eigenvalue weighted by Gasteiger charge is -2.32. The van der Waals surface area contributed by atoms with Crippen molar-refractivity contribution >= 4 is 11.8 Å². The number of rotatable bonds is 3. The van der Waals surface area contributed by atoms with Crippen LogP contribution in [0.15, 0.2) is 36.8 Å². The predicted molar refractivity (Wildman–Crippen MR) is 81.3 cm³/mol. The van der Waals surface area contributed by atoms with Gasteiger partial charge in [0.05, 0.1) is 6.04 Å². The van der Waals surface area contributed by atoms with E-state index >= 15 is 0 Å². The second kappa shape index (κ2) is 6.57. The van der Waals surface area contributed by atoms with Crippen molar-refractivity contribution in [1.29, 1.82) is 0 Å². The molecule has 0 aromatic carbocycles. The molecule has 1 saturated heterocycles. The third-order valence-electron chi connectivity index (χ3n) is 3.63. The average Bonchev–Trinajstić information content (AvgIpc) is 2.93. The first-order chi connectivity index (χ1) is 10.7. The minimum Gasteiger partial charge on any atom is -0.371 e. The normalized spacial score (nSPS) is 21.3. The van der Waals surface area contributed by atoms with Gasteiger partial charge in [0, 0.05) is 38.3 Å². The molecular weight excluding hydrogens is 282 g/mol. The van der Waals surface area contributed by atoms with E-state index in [1.165, 1.54) is 0 Å². The van der Waals surface area contributed by atoms with Crippen molar-refractivity contribution in [3.8, 4) is 0 Å². The average molecular weight is 301 g/mol. The lowest BCUT2D eigenvalue weighted by molar-refractivity contribution is -0.00701. The maximum Gasteiger partial charge on any atom is 0.320 e. The SMILES string of the molecule is Cn1ccc(NC(=O)N[C@H]2CCCO[C@@H]2c2ccncc2)n1. The van der Waals surface area contributed by atoms with Gasteiger partial charge in [0.2, 0.25) is 0 Å². The minimum atomic E-state index is -0.270. The summed E-state index contributed by atoms with van der Waals surface area (Å²) in [6.45, 7) is 0.701. The molecule has 0 aliphatic carbocycles. The van der Waals surface area contributed by atoms with Crippen molar-refractivity contribution < 1.29 is 9.53 Å². The first-order valence-corrected chi connectivity index (χ1v) is 7.31. The molecule has 2 aromatic heterocycles. The number of aromatic nitrogens is 3. The molecule has 0 saturated carbocycles. The predicted octanol–water partition coefficient (Wildman–Crippen LogP) is 1.86. The van der Waals surface area contributed by atoms with Gasteiger partial charge in [-0.25, -0.2) is 4.79 Å². The molecule has 22 heavy (non-hydrogen) atoms. The second-order valence-corrected chi connectivity index (χ2v) is 5.29. The number of anilines is 1. The van der Waals surface area contributed by atoms with E-state index in [0.29, 0.717) is 12.4 Å². The number of ether oxygens (including phenoxy) is 1. The number of aryl methyl sites for hydroxylation is 1. The molecular formula is C15H19N5O2. The van der Waals surface area contributed by atoms with Gasteiger partial charge in [-0.3, -0.25) is 15.0 Å². The van der Waals surface area contributed by atoms with Gasteiger partial charge in [-0.1, -0.05) is 0 Å². The highest BCUT2D eigenvalue weighted by atomic mass is 16.5. The Balaban J connectivity index is 1.65. The van der Waals surface area contributed by atoms with Crippen LogP contribution in [0, 0.1) is 0 Å². The molecule has 0 bridgehead atoms. The zero-order valence-corrected chi connectivity index (χ0v) is 12.4. The van der Waals surface area contributed by atoms with E-state index in [2.05, 4.69) is 20.7 Å². The maximum absolute atomic E-state index is 12.1. The standard InChI is InChI=1S/C15H19N5O2/c1-20-9-6-13(19-20)18-15(21)17-12-3-2-10-22-14(12)11-4-7-16-8-5-11/h4-9,12,14H,2-3,10H2,1H3,(H2,17,18,19,21)/t12-,14+/m0/s1. The molecule has 1 aliphatic rings. The van der Waals surface area contributed by atoms with Gasteiger partial charge in [0.15, 0.2) is 5.82 Å². The number of carbonyl (C=O) groups excluding carboxylic acids is 1. The highest BCUT2D eigenvalue weighted by Crippen LogP contribution is 2.28. The highest BCUT2D eigenvalue weighted by molar-refractivity contribution is 5.88. The Morgan fingerprint density at radius 1 is 1.36 bits per heavy atom. The van der Waals surface area contributed by atoms with Crippen LogP contribution in [0.2, 0.25) is 0 Å². The summed E-state index contributed by atoms with van der Waals surface area (Å²) in [6, 6.07) is 5.24. The van der Waals surface area contributed by atoms with Crippen molar-refractivity contribution in [3.63, 3.8) is 0 Å². The van der Waals surface area contributed by atoms with Crippen LogP contribution in [0.4, 0.5) is 10.6 Å². The molecule has 0 radical (unpaired) electrons. The fourth-order valence-corrected chi connectivity index (χ4v) is 2.61. The van der Waals surface area contributed by atoms with E-state index in [9.17, 15) is 4.79 Å². The van der Waals surface area contributed by atoms with Gasteiger partial charge in [-0.15, -0.1) is 0 Å². The Hall–Kier alpha value is -2.41. The van der Waals surface area contributed by atoms with E-state index in [1.807, 2.05) is 12.1 Å². The number of pyridine rings is 1. The third-order valence-corrected chi connectivity index (χ3v) is 3.63. The molecule has 7 heteroatoms. The van der Waals surface area contributed by atoms with Crippen LogP contribution >= 0.6 is 0 Å². The van der Waals surface area contributed by atoms with Crippen LogP contribution in [0.5, 0.6) is 0 Å². The fraction of sp³-hybridized carbons (Fsp3) is 0.400. The smallest absolute Gasteiger partial charge is 0.320 e. The molecule has 3 heterocycles. The monoisotopic (exact) mass is 301 g/mol. The van der Waals surface area contributed by atoms with Crippen molar-refractivity contribution in [2.75, 3.05) is 11.9 Å². The first-order valence-electron chi connectivity index (χ1n) is 7.31. The topological polar surface area (TPSA) is 81.1 Å². The number of hydrogen-bond donors (Lipinski definition) is 2. The van der Waals surface area contributed by atoms with Gasteiger partial charge in [-0.05, 0) is 30.5 Å². The van der Waals surface area contributed by atoms with Crippen LogP contribution in [0.3, 0.4) is 0 Å². The summed E-state index contributed by atoms with van der Waals surface area (Å²) < 4.78 is 7.48. The Morgan fingerprint density at radius 2 is 2.18 bits per heavy atom. The van der Waals surface area contributed by atoms with E-state index in [1.54, 1.807) is 36.4 Å². The highest BCUT2D eigenvalue weighted by Gasteiger charge is 2.28. The lowest BCUT2D eigenvalue weighted by atomic mass is 9.97.